The molecule has 2 heteroatoms. The Balaban J connectivity index is 2.55. The van der Waals surface area contributed by atoms with Crippen molar-refractivity contribution in [2.75, 3.05) is 13.6 Å². The van der Waals surface area contributed by atoms with Crippen LogP contribution in [-0.2, 0) is 0 Å². The van der Waals surface area contributed by atoms with Crippen LogP contribution in [0.5, 0.6) is 0 Å². The largest absolute Gasteiger partial charge is 0.387 e. The minimum absolute atomic E-state index is 0.386. The third-order valence-electron chi connectivity index (χ3n) is 2.53. The van der Waals surface area contributed by atoms with Crippen LogP contribution in [0.4, 0.5) is 0 Å². The highest BCUT2D eigenvalue weighted by atomic mass is 16.3. The highest BCUT2D eigenvalue weighted by Crippen LogP contribution is 2.13. The number of hydrogen-bond acceptors (Lipinski definition) is 2. The summed E-state index contributed by atoms with van der Waals surface area (Å²) in [5.74, 6) is 0. The van der Waals surface area contributed by atoms with Crippen LogP contribution in [0.1, 0.15) is 25.5 Å². The highest BCUT2D eigenvalue weighted by Gasteiger charge is 2.11. The van der Waals surface area contributed by atoms with Gasteiger partial charge in [-0.2, -0.15) is 0 Å². The lowest BCUT2D eigenvalue weighted by Crippen LogP contribution is -2.30. The predicted molar refractivity (Wildman–Crippen MR) is 59.2 cm³/mol. The number of aliphatic hydroxyl groups is 1. The lowest BCUT2D eigenvalue weighted by Gasteiger charge is -2.24. The first kappa shape index (κ1) is 11.2. The molecule has 0 aliphatic carbocycles. The van der Waals surface area contributed by atoms with E-state index in [-0.39, 0.29) is 6.10 Å². The third-order valence-corrected chi connectivity index (χ3v) is 2.53. The summed E-state index contributed by atoms with van der Waals surface area (Å²) in [6, 6.07) is 10.2. The van der Waals surface area contributed by atoms with E-state index in [0.29, 0.717) is 12.6 Å². The molecule has 0 spiro atoms. The summed E-state index contributed by atoms with van der Waals surface area (Å²) in [7, 11) is 2.02. The number of hydrogen-bond donors (Lipinski definition) is 1. The highest BCUT2D eigenvalue weighted by molar-refractivity contribution is 5.17. The molecule has 0 saturated heterocycles. The first-order valence-corrected chi connectivity index (χ1v) is 5.04. The minimum atomic E-state index is -0.386. The van der Waals surface area contributed by atoms with Gasteiger partial charge in [0.05, 0.1) is 6.10 Å². The number of benzene rings is 1. The molecule has 1 aromatic rings. The molecular weight excluding hydrogens is 174 g/mol. The number of likely N-dealkylation sites (N-methyl/N-ethyl adjacent to an activating group) is 1. The molecule has 14 heavy (non-hydrogen) atoms. The normalized spacial score (nSPS) is 13.6. The van der Waals surface area contributed by atoms with Crippen molar-refractivity contribution in [3.63, 3.8) is 0 Å². The molecule has 1 N–H and O–H groups in total. The van der Waals surface area contributed by atoms with Crippen molar-refractivity contribution in [1.29, 1.82) is 0 Å². The molecule has 0 aliphatic heterocycles. The van der Waals surface area contributed by atoms with Crippen LogP contribution in [0.2, 0.25) is 0 Å². The van der Waals surface area contributed by atoms with Crippen molar-refractivity contribution in [1.82, 2.24) is 4.90 Å². The molecular formula is C12H19NO. The molecule has 2 nitrogen and oxygen atoms in total. The fourth-order valence-corrected chi connectivity index (χ4v) is 1.26. The zero-order valence-corrected chi connectivity index (χ0v) is 9.14. The van der Waals surface area contributed by atoms with Gasteiger partial charge in [-0.25, -0.2) is 0 Å². The van der Waals surface area contributed by atoms with Crippen molar-refractivity contribution in [3.8, 4) is 0 Å². The molecule has 1 rings (SSSR count). The standard InChI is InChI=1S/C12H19NO/c1-10(2)13(3)9-12(14)11-7-5-4-6-8-11/h4-8,10,12,14H,9H2,1-3H3/t12-/m1/s1. The molecule has 0 aliphatic rings. The molecule has 0 amide bonds. The number of nitrogens with zero attached hydrogens (tertiary/aromatic N) is 1. The number of rotatable bonds is 4. The zero-order valence-electron chi connectivity index (χ0n) is 9.14. The predicted octanol–water partition coefficient (Wildman–Crippen LogP) is 2.06. The smallest absolute Gasteiger partial charge is 0.0916 e. The van der Waals surface area contributed by atoms with Gasteiger partial charge in [0.2, 0.25) is 0 Å². The lowest BCUT2D eigenvalue weighted by molar-refractivity contribution is 0.112. The van der Waals surface area contributed by atoms with Crippen LogP contribution in [0.15, 0.2) is 30.3 Å². The Morgan fingerprint density at radius 1 is 1.21 bits per heavy atom. The molecule has 0 radical (unpaired) electrons. The molecule has 1 atom stereocenters. The maximum atomic E-state index is 9.90. The SMILES string of the molecule is CC(C)N(C)C[C@@H](O)c1ccccc1. The van der Waals surface area contributed by atoms with E-state index in [2.05, 4.69) is 18.7 Å². The summed E-state index contributed by atoms with van der Waals surface area (Å²) >= 11 is 0. The van der Waals surface area contributed by atoms with Crippen LogP contribution < -0.4 is 0 Å². The molecule has 78 valence electrons. The second kappa shape index (κ2) is 5.13. The van der Waals surface area contributed by atoms with E-state index < -0.39 is 0 Å². The van der Waals surface area contributed by atoms with E-state index >= 15 is 0 Å². The van der Waals surface area contributed by atoms with Gasteiger partial charge in [0.15, 0.2) is 0 Å². The summed E-state index contributed by atoms with van der Waals surface area (Å²) < 4.78 is 0. The quantitative estimate of drug-likeness (QED) is 0.791. The van der Waals surface area contributed by atoms with E-state index in [1.54, 1.807) is 0 Å². The van der Waals surface area contributed by atoms with Crippen molar-refractivity contribution < 1.29 is 5.11 Å². The fraction of sp³-hybridized carbons (Fsp3) is 0.500. The molecule has 0 aromatic heterocycles. The summed E-state index contributed by atoms with van der Waals surface area (Å²) in [6.07, 6.45) is -0.386. The van der Waals surface area contributed by atoms with E-state index in [4.69, 9.17) is 0 Å². The molecule has 0 saturated carbocycles. The Morgan fingerprint density at radius 3 is 2.29 bits per heavy atom. The summed E-state index contributed by atoms with van der Waals surface area (Å²) in [5, 5.41) is 9.90. The first-order valence-electron chi connectivity index (χ1n) is 5.04. The second-order valence-electron chi connectivity index (χ2n) is 3.96. The Kier molecular flexibility index (Phi) is 4.11. The van der Waals surface area contributed by atoms with E-state index in [0.717, 1.165) is 5.56 Å². The van der Waals surface area contributed by atoms with E-state index in [1.165, 1.54) is 0 Å². The Bertz CT molecular complexity index is 258. The molecule has 0 bridgehead atoms. The monoisotopic (exact) mass is 193 g/mol. The topological polar surface area (TPSA) is 23.5 Å². The van der Waals surface area contributed by atoms with Crippen molar-refractivity contribution in [3.05, 3.63) is 35.9 Å². The number of aliphatic hydroxyl groups excluding tert-OH is 1. The van der Waals surface area contributed by atoms with Crippen LogP contribution >= 0.6 is 0 Å². The van der Waals surface area contributed by atoms with Crippen LogP contribution in [-0.4, -0.2) is 29.6 Å². The van der Waals surface area contributed by atoms with Crippen molar-refractivity contribution in [2.24, 2.45) is 0 Å². The van der Waals surface area contributed by atoms with Gasteiger partial charge >= 0.3 is 0 Å². The van der Waals surface area contributed by atoms with E-state index in [9.17, 15) is 5.11 Å². The van der Waals surface area contributed by atoms with Gasteiger partial charge in [-0.15, -0.1) is 0 Å². The first-order chi connectivity index (χ1) is 6.61. The molecule has 1 aromatic carbocycles. The summed E-state index contributed by atoms with van der Waals surface area (Å²) in [5.41, 5.74) is 0.986. The molecule has 0 heterocycles. The lowest BCUT2D eigenvalue weighted by atomic mass is 10.1. The molecule has 0 fully saturated rings. The molecule has 0 unspecified atom stereocenters. The van der Waals surface area contributed by atoms with Crippen molar-refractivity contribution in [2.45, 2.75) is 26.0 Å². The van der Waals surface area contributed by atoms with Crippen LogP contribution in [0.25, 0.3) is 0 Å². The Labute approximate surface area is 86.2 Å². The van der Waals surface area contributed by atoms with Gasteiger partial charge in [-0.3, -0.25) is 0 Å². The van der Waals surface area contributed by atoms with Gasteiger partial charge in [-0.1, -0.05) is 30.3 Å². The van der Waals surface area contributed by atoms with Gasteiger partial charge in [0.25, 0.3) is 0 Å². The third kappa shape index (κ3) is 3.13. The van der Waals surface area contributed by atoms with E-state index in [1.807, 2.05) is 37.4 Å². The summed E-state index contributed by atoms with van der Waals surface area (Å²) in [6.45, 7) is 4.93. The maximum absolute atomic E-state index is 9.90. The second-order valence-corrected chi connectivity index (χ2v) is 3.96. The average molecular weight is 193 g/mol. The summed E-state index contributed by atoms with van der Waals surface area (Å²) in [4.78, 5) is 2.14. The van der Waals surface area contributed by atoms with Crippen LogP contribution in [0.3, 0.4) is 0 Å². The van der Waals surface area contributed by atoms with Gasteiger partial charge in [-0.05, 0) is 26.5 Å². The maximum Gasteiger partial charge on any atom is 0.0916 e. The Hall–Kier alpha value is -0.860. The average Bonchev–Trinajstić information content (AvgIpc) is 2.19. The fourth-order valence-electron chi connectivity index (χ4n) is 1.26. The van der Waals surface area contributed by atoms with Gasteiger partial charge in [0.1, 0.15) is 0 Å². The van der Waals surface area contributed by atoms with Crippen LogP contribution in [0, 0.1) is 0 Å². The van der Waals surface area contributed by atoms with Crippen molar-refractivity contribution >= 4 is 0 Å². The van der Waals surface area contributed by atoms with Gasteiger partial charge < -0.3 is 10.0 Å². The Morgan fingerprint density at radius 2 is 1.79 bits per heavy atom. The zero-order chi connectivity index (χ0) is 10.6. The van der Waals surface area contributed by atoms with Gasteiger partial charge in [0, 0.05) is 12.6 Å². The minimum Gasteiger partial charge on any atom is -0.387 e.